The molecule has 0 aromatic heterocycles. The Balaban J connectivity index is 1.62. The first-order chi connectivity index (χ1) is 14.0. The number of ether oxygens (including phenoxy) is 2. The topological polar surface area (TPSA) is 77.0 Å². The van der Waals surface area contributed by atoms with Crippen molar-refractivity contribution in [2.24, 2.45) is 5.10 Å². The van der Waals surface area contributed by atoms with Crippen LogP contribution in [0.3, 0.4) is 0 Å². The second-order valence-corrected chi connectivity index (χ2v) is 6.34. The average Bonchev–Trinajstić information content (AvgIpc) is 2.74. The van der Waals surface area contributed by atoms with Crippen molar-refractivity contribution in [1.29, 1.82) is 0 Å². The van der Waals surface area contributed by atoms with E-state index in [9.17, 15) is 9.59 Å². The van der Waals surface area contributed by atoms with Crippen LogP contribution in [0.25, 0.3) is 0 Å². The van der Waals surface area contributed by atoms with Gasteiger partial charge in [0.15, 0.2) is 0 Å². The van der Waals surface area contributed by atoms with E-state index in [2.05, 4.69) is 10.5 Å². The van der Waals surface area contributed by atoms with E-state index >= 15 is 0 Å². The largest absolute Gasteiger partial charge is 0.497 e. The summed E-state index contributed by atoms with van der Waals surface area (Å²) >= 11 is 5.87. The Labute approximate surface area is 172 Å². The molecule has 0 bridgehead atoms. The number of hydrazone groups is 1. The minimum Gasteiger partial charge on any atom is -0.497 e. The molecule has 6 nitrogen and oxygen atoms in total. The lowest BCUT2D eigenvalue weighted by atomic mass is 10.2. The van der Waals surface area contributed by atoms with E-state index in [0.717, 1.165) is 0 Å². The lowest BCUT2D eigenvalue weighted by molar-refractivity contribution is 0.0734. The Hall–Kier alpha value is -3.64. The van der Waals surface area contributed by atoms with Crippen molar-refractivity contribution in [1.82, 2.24) is 5.43 Å². The third-order valence-electron chi connectivity index (χ3n) is 3.86. The molecule has 0 aliphatic heterocycles. The first-order valence-electron chi connectivity index (χ1n) is 8.60. The van der Waals surface area contributed by atoms with E-state index in [1.807, 2.05) is 0 Å². The van der Waals surface area contributed by atoms with Gasteiger partial charge >= 0.3 is 5.97 Å². The highest BCUT2D eigenvalue weighted by atomic mass is 35.5. The molecule has 3 aromatic rings. The second-order valence-electron chi connectivity index (χ2n) is 5.90. The van der Waals surface area contributed by atoms with Crippen LogP contribution < -0.4 is 14.9 Å². The van der Waals surface area contributed by atoms with Crippen molar-refractivity contribution < 1.29 is 19.1 Å². The Morgan fingerprint density at radius 3 is 2.41 bits per heavy atom. The zero-order valence-electron chi connectivity index (χ0n) is 15.5. The fourth-order valence-corrected chi connectivity index (χ4v) is 2.60. The van der Waals surface area contributed by atoms with Gasteiger partial charge in [-0.25, -0.2) is 10.2 Å². The van der Waals surface area contributed by atoms with Gasteiger partial charge in [0.2, 0.25) is 0 Å². The summed E-state index contributed by atoms with van der Waals surface area (Å²) in [7, 11) is 1.55. The fraction of sp³-hybridized carbons (Fsp3) is 0.0455. The summed E-state index contributed by atoms with van der Waals surface area (Å²) in [6.45, 7) is 0. The minimum absolute atomic E-state index is 0.357. The molecule has 3 rings (SSSR count). The lowest BCUT2D eigenvalue weighted by Crippen LogP contribution is -2.17. The maximum absolute atomic E-state index is 12.2. The summed E-state index contributed by atoms with van der Waals surface area (Å²) in [5.41, 5.74) is 3.87. The molecule has 7 heteroatoms. The van der Waals surface area contributed by atoms with Gasteiger partial charge in [0.05, 0.1) is 18.9 Å². The smallest absolute Gasteiger partial charge is 0.343 e. The number of esters is 1. The van der Waals surface area contributed by atoms with Crippen molar-refractivity contribution in [2.45, 2.75) is 0 Å². The van der Waals surface area contributed by atoms with Crippen LogP contribution in [-0.4, -0.2) is 25.2 Å². The normalized spacial score (nSPS) is 10.6. The summed E-state index contributed by atoms with van der Waals surface area (Å²) in [6, 6.07) is 19.9. The van der Waals surface area contributed by atoms with Gasteiger partial charge in [0, 0.05) is 10.6 Å². The number of methoxy groups -OCH3 is 1. The zero-order valence-corrected chi connectivity index (χ0v) is 16.2. The first kappa shape index (κ1) is 20.1. The SMILES string of the molecule is COc1ccc(C(=O)Oc2cccc(/C=N/NC(=O)c3cccc(Cl)c3)c2)cc1. The number of carbonyl (C=O) groups is 2. The van der Waals surface area contributed by atoms with Crippen molar-refractivity contribution in [3.63, 3.8) is 0 Å². The van der Waals surface area contributed by atoms with E-state index in [1.54, 1.807) is 79.9 Å². The van der Waals surface area contributed by atoms with E-state index in [0.29, 0.717) is 33.2 Å². The van der Waals surface area contributed by atoms with Crippen LogP contribution in [0.1, 0.15) is 26.3 Å². The van der Waals surface area contributed by atoms with E-state index in [1.165, 1.54) is 6.21 Å². The van der Waals surface area contributed by atoms with Gasteiger partial charge in [0.25, 0.3) is 5.91 Å². The number of halogens is 1. The van der Waals surface area contributed by atoms with Crippen LogP contribution in [0.15, 0.2) is 77.9 Å². The van der Waals surface area contributed by atoms with Crippen molar-refractivity contribution in [2.75, 3.05) is 7.11 Å². The Morgan fingerprint density at radius 1 is 0.931 bits per heavy atom. The third-order valence-corrected chi connectivity index (χ3v) is 4.10. The number of hydrogen-bond acceptors (Lipinski definition) is 5. The van der Waals surface area contributed by atoms with Crippen LogP contribution in [0, 0.1) is 0 Å². The number of carbonyl (C=O) groups excluding carboxylic acids is 2. The molecule has 0 unspecified atom stereocenters. The lowest BCUT2D eigenvalue weighted by Gasteiger charge is -2.06. The Morgan fingerprint density at radius 2 is 1.69 bits per heavy atom. The molecule has 3 aromatic carbocycles. The molecule has 0 spiro atoms. The fourth-order valence-electron chi connectivity index (χ4n) is 2.41. The maximum Gasteiger partial charge on any atom is 0.343 e. The van der Waals surface area contributed by atoms with E-state index in [4.69, 9.17) is 21.1 Å². The summed E-state index contributed by atoms with van der Waals surface area (Å²) in [6.07, 6.45) is 1.45. The second kappa shape index (κ2) is 9.52. The van der Waals surface area contributed by atoms with Crippen LogP contribution in [-0.2, 0) is 0 Å². The number of rotatable bonds is 6. The molecule has 1 N–H and O–H groups in total. The van der Waals surface area contributed by atoms with Crippen molar-refractivity contribution in [3.05, 3.63) is 94.5 Å². The Bertz CT molecular complexity index is 1050. The zero-order chi connectivity index (χ0) is 20.6. The molecular formula is C22H17ClN2O4. The first-order valence-corrected chi connectivity index (χ1v) is 8.98. The highest BCUT2D eigenvalue weighted by molar-refractivity contribution is 6.30. The predicted octanol–water partition coefficient (Wildman–Crippen LogP) is 4.33. The number of amides is 1. The molecule has 1 amide bonds. The minimum atomic E-state index is -0.490. The van der Waals surface area contributed by atoms with Crippen molar-refractivity contribution in [3.8, 4) is 11.5 Å². The molecule has 0 aliphatic carbocycles. The van der Waals surface area contributed by atoms with Gasteiger partial charge in [0.1, 0.15) is 11.5 Å². The van der Waals surface area contributed by atoms with Crippen LogP contribution in [0.2, 0.25) is 5.02 Å². The van der Waals surface area contributed by atoms with Gasteiger partial charge in [-0.05, 0) is 60.2 Å². The molecule has 0 heterocycles. The summed E-state index contributed by atoms with van der Waals surface area (Å²) in [5.74, 6) is 0.136. The third kappa shape index (κ3) is 5.67. The van der Waals surface area contributed by atoms with E-state index < -0.39 is 5.97 Å². The molecule has 29 heavy (non-hydrogen) atoms. The quantitative estimate of drug-likeness (QED) is 0.285. The standard InChI is InChI=1S/C22H17ClN2O4/c1-28-19-10-8-16(9-11-19)22(27)29-20-7-2-4-15(12-20)14-24-25-21(26)17-5-3-6-18(23)13-17/h2-14H,1H3,(H,25,26)/b24-14+. The highest BCUT2D eigenvalue weighted by Crippen LogP contribution is 2.16. The van der Waals surface area contributed by atoms with Crippen molar-refractivity contribution >= 4 is 29.7 Å². The molecule has 0 saturated heterocycles. The van der Waals surface area contributed by atoms with Gasteiger partial charge in [-0.1, -0.05) is 29.8 Å². The van der Waals surface area contributed by atoms with Crippen LogP contribution >= 0.6 is 11.6 Å². The molecule has 146 valence electrons. The van der Waals surface area contributed by atoms with Crippen LogP contribution in [0.5, 0.6) is 11.5 Å². The average molecular weight is 409 g/mol. The summed E-state index contributed by atoms with van der Waals surface area (Å²) in [4.78, 5) is 24.3. The number of nitrogens with zero attached hydrogens (tertiary/aromatic N) is 1. The molecular weight excluding hydrogens is 392 g/mol. The predicted molar refractivity (Wildman–Crippen MR) is 111 cm³/mol. The van der Waals surface area contributed by atoms with E-state index in [-0.39, 0.29) is 5.91 Å². The molecule has 0 aliphatic rings. The van der Waals surface area contributed by atoms with Gasteiger partial charge in [-0.3, -0.25) is 4.79 Å². The number of nitrogens with one attached hydrogen (secondary N) is 1. The number of benzene rings is 3. The summed E-state index contributed by atoms with van der Waals surface area (Å²) < 4.78 is 10.4. The molecule has 0 fully saturated rings. The molecule has 0 atom stereocenters. The maximum atomic E-state index is 12.2. The van der Waals surface area contributed by atoms with Gasteiger partial charge in [-0.2, -0.15) is 5.10 Å². The molecule has 0 saturated carbocycles. The molecule has 0 radical (unpaired) electrons. The Kier molecular flexibility index (Phi) is 6.60. The number of hydrogen-bond donors (Lipinski definition) is 1. The van der Waals surface area contributed by atoms with Crippen LogP contribution in [0.4, 0.5) is 0 Å². The highest BCUT2D eigenvalue weighted by Gasteiger charge is 2.09. The van der Waals surface area contributed by atoms with Gasteiger partial charge in [-0.15, -0.1) is 0 Å². The summed E-state index contributed by atoms with van der Waals surface area (Å²) in [5, 5.41) is 4.39. The monoisotopic (exact) mass is 408 g/mol. The van der Waals surface area contributed by atoms with Gasteiger partial charge < -0.3 is 9.47 Å².